The summed E-state index contributed by atoms with van der Waals surface area (Å²) in [6.45, 7) is 1.72. The number of carbonyl (C=O) groups is 1. The number of amides is 1. The van der Waals surface area contributed by atoms with Gasteiger partial charge in [0.2, 0.25) is 5.91 Å². The number of likely N-dealkylation sites (tertiary alicyclic amines) is 1. The van der Waals surface area contributed by atoms with Crippen molar-refractivity contribution in [3.63, 3.8) is 0 Å². The summed E-state index contributed by atoms with van der Waals surface area (Å²) in [7, 11) is 3.30. The summed E-state index contributed by atoms with van der Waals surface area (Å²) in [5, 5.41) is 1.14. The number of hydrogen-bond donors (Lipinski definition) is 1. The maximum Gasteiger partial charge on any atom is 0.223 e. The smallest absolute Gasteiger partial charge is 0.223 e. The minimum atomic E-state index is -0.0925. The molecule has 1 N–H and O–H groups in total. The first kappa shape index (κ1) is 18.4. The lowest BCUT2D eigenvalue weighted by Gasteiger charge is -2.23. The second-order valence-electron chi connectivity index (χ2n) is 7.24. The minimum absolute atomic E-state index is 0.0925. The highest BCUT2D eigenvalue weighted by Gasteiger charge is 2.27. The number of rotatable bonds is 6. The molecular weight excluding hydrogens is 352 g/mol. The van der Waals surface area contributed by atoms with Crippen molar-refractivity contribution in [3.8, 4) is 11.5 Å². The lowest BCUT2D eigenvalue weighted by atomic mass is 9.87. The number of fused-ring (bicyclic) bond motifs is 1. The Morgan fingerprint density at radius 1 is 1.07 bits per heavy atom. The fourth-order valence-corrected chi connectivity index (χ4v) is 4.15. The number of carbonyl (C=O) groups excluding carboxylic acids is 1. The van der Waals surface area contributed by atoms with Gasteiger partial charge in [0.05, 0.1) is 14.2 Å². The molecule has 0 bridgehead atoms. The molecule has 1 aliphatic rings. The van der Waals surface area contributed by atoms with Crippen LogP contribution in [0.15, 0.2) is 48.7 Å². The first-order valence-electron chi connectivity index (χ1n) is 9.77. The molecule has 1 aliphatic heterocycles. The summed E-state index contributed by atoms with van der Waals surface area (Å²) >= 11 is 0. The number of aromatic nitrogens is 1. The van der Waals surface area contributed by atoms with Crippen LogP contribution in [0.4, 0.5) is 0 Å². The standard InChI is InChI=1S/C23H26N2O3/c1-27-16-9-10-18(22(13-16)28-2)19(14-23(26)25-11-5-6-12-25)20-15-24-21-8-4-3-7-17(20)21/h3-4,7-10,13,15,19,24H,5-6,11-12,14H2,1-2H3/t19-/m1/s1. The molecule has 1 amide bonds. The first-order valence-corrected chi connectivity index (χ1v) is 9.77. The van der Waals surface area contributed by atoms with Gasteiger partial charge in [-0.3, -0.25) is 4.79 Å². The molecule has 0 radical (unpaired) electrons. The van der Waals surface area contributed by atoms with E-state index in [0.29, 0.717) is 6.42 Å². The Labute approximate surface area is 165 Å². The molecule has 1 atom stereocenters. The highest BCUT2D eigenvalue weighted by molar-refractivity contribution is 5.86. The van der Waals surface area contributed by atoms with Gasteiger partial charge in [-0.25, -0.2) is 0 Å². The van der Waals surface area contributed by atoms with Gasteiger partial charge in [-0.05, 0) is 30.5 Å². The Balaban J connectivity index is 1.78. The quantitative estimate of drug-likeness (QED) is 0.695. The highest BCUT2D eigenvalue weighted by atomic mass is 16.5. The van der Waals surface area contributed by atoms with Crippen LogP contribution in [0.3, 0.4) is 0 Å². The van der Waals surface area contributed by atoms with Crippen LogP contribution >= 0.6 is 0 Å². The molecule has 5 nitrogen and oxygen atoms in total. The van der Waals surface area contributed by atoms with Crippen molar-refractivity contribution in [1.82, 2.24) is 9.88 Å². The molecule has 1 saturated heterocycles. The number of ether oxygens (including phenoxy) is 2. The summed E-state index contributed by atoms with van der Waals surface area (Å²) < 4.78 is 11.0. The molecule has 5 heteroatoms. The van der Waals surface area contributed by atoms with Gasteiger partial charge in [0.15, 0.2) is 0 Å². The lowest BCUT2D eigenvalue weighted by Crippen LogP contribution is -2.29. The van der Waals surface area contributed by atoms with Crippen LogP contribution in [-0.2, 0) is 4.79 Å². The SMILES string of the molecule is COc1ccc([C@@H](CC(=O)N2CCCC2)c2c[nH]c3ccccc23)c(OC)c1. The summed E-state index contributed by atoms with van der Waals surface area (Å²) in [6.07, 6.45) is 4.63. The summed E-state index contributed by atoms with van der Waals surface area (Å²) in [4.78, 5) is 18.4. The van der Waals surface area contributed by atoms with Gasteiger partial charge in [-0.2, -0.15) is 0 Å². The molecule has 2 heterocycles. The minimum Gasteiger partial charge on any atom is -0.497 e. The zero-order chi connectivity index (χ0) is 19.5. The van der Waals surface area contributed by atoms with Gasteiger partial charge < -0.3 is 19.4 Å². The van der Waals surface area contributed by atoms with Crippen molar-refractivity contribution >= 4 is 16.8 Å². The molecule has 0 unspecified atom stereocenters. The Kier molecular flexibility index (Phi) is 5.24. The molecule has 2 aromatic carbocycles. The van der Waals surface area contributed by atoms with Crippen LogP contribution < -0.4 is 9.47 Å². The third-order valence-corrected chi connectivity index (χ3v) is 5.65. The molecule has 0 spiro atoms. The third kappa shape index (κ3) is 3.44. The second-order valence-corrected chi connectivity index (χ2v) is 7.24. The number of aromatic amines is 1. The number of H-pyrrole nitrogens is 1. The van der Waals surface area contributed by atoms with E-state index in [4.69, 9.17) is 9.47 Å². The number of hydrogen-bond acceptors (Lipinski definition) is 3. The van der Waals surface area contributed by atoms with Crippen molar-refractivity contribution < 1.29 is 14.3 Å². The predicted molar refractivity (Wildman–Crippen MR) is 110 cm³/mol. The Hall–Kier alpha value is -2.95. The lowest BCUT2D eigenvalue weighted by molar-refractivity contribution is -0.130. The normalized spacial score (nSPS) is 15.0. The van der Waals surface area contributed by atoms with Crippen LogP contribution in [0, 0.1) is 0 Å². The largest absolute Gasteiger partial charge is 0.497 e. The fraction of sp³-hybridized carbons (Fsp3) is 0.348. The first-order chi connectivity index (χ1) is 13.7. The van der Waals surface area contributed by atoms with E-state index in [0.717, 1.165) is 59.5 Å². The number of methoxy groups -OCH3 is 2. The highest BCUT2D eigenvalue weighted by Crippen LogP contribution is 2.39. The van der Waals surface area contributed by atoms with E-state index in [1.54, 1.807) is 14.2 Å². The van der Waals surface area contributed by atoms with Gasteiger partial charge in [-0.15, -0.1) is 0 Å². The second kappa shape index (κ2) is 7.97. The molecule has 0 aliphatic carbocycles. The van der Waals surface area contributed by atoms with Crippen LogP contribution in [0.5, 0.6) is 11.5 Å². The van der Waals surface area contributed by atoms with Gasteiger partial charge >= 0.3 is 0 Å². The van der Waals surface area contributed by atoms with Crippen LogP contribution in [0.1, 0.15) is 36.3 Å². The van der Waals surface area contributed by atoms with E-state index in [1.807, 2.05) is 41.4 Å². The van der Waals surface area contributed by atoms with Crippen molar-refractivity contribution in [1.29, 1.82) is 0 Å². The molecule has 3 aromatic rings. The molecule has 4 rings (SSSR count). The van der Waals surface area contributed by atoms with Crippen LogP contribution in [0.2, 0.25) is 0 Å². The number of nitrogens with one attached hydrogen (secondary N) is 1. The summed E-state index contributed by atoms with van der Waals surface area (Å²) in [5.74, 6) is 1.59. The molecular formula is C23H26N2O3. The van der Waals surface area contributed by atoms with Gasteiger partial charge in [0, 0.05) is 54.2 Å². The maximum atomic E-state index is 13.0. The van der Waals surface area contributed by atoms with Gasteiger partial charge in [0.25, 0.3) is 0 Å². The third-order valence-electron chi connectivity index (χ3n) is 5.65. The molecule has 1 fully saturated rings. The topological polar surface area (TPSA) is 54.6 Å². The van der Waals surface area contributed by atoms with E-state index in [9.17, 15) is 4.79 Å². The number of para-hydroxylation sites is 1. The Morgan fingerprint density at radius 2 is 1.86 bits per heavy atom. The van der Waals surface area contributed by atoms with E-state index in [2.05, 4.69) is 17.1 Å². The van der Waals surface area contributed by atoms with Gasteiger partial charge in [0.1, 0.15) is 11.5 Å². The molecule has 0 saturated carbocycles. The monoisotopic (exact) mass is 378 g/mol. The van der Waals surface area contributed by atoms with Gasteiger partial charge in [-0.1, -0.05) is 24.3 Å². The van der Waals surface area contributed by atoms with E-state index in [-0.39, 0.29) is 11.8 Å². The Morgan fingerprint density at radius 3 is 2.61 bits per heavy atom. The van der Waals surface area contributed by atoms with Crippen LogP contribution in [0.25, 0.3) is 10.9 Å². The van der Waals surface area contributed by atoms with E-state index in [1.165, 1.54) is 0 Å². The molecule has 146 valence electrons. The maximum absolute atomic E-state index is 13.0. The Bertz CT molecular complexity index is 973. The predicted octanol–water partition coefficient (Wildman–Crippen LogP) is 4.33. The zero-order valence-corrected chi connectivity index (χ0v) is 16.4. The summed E-state index contributed by atoms with van der Waals surface area (Å²) in [5.41, 5.74) is 3.19. The molecule has 1 aromatic heterocycles. The summed E-state index contributed by atoms with van der Waals surface area (Å²) in [6, 6.07) is 14.0. The fourth-order valence-electron chi connectivity index (χ4n) is 4.15. The number of nitrogens with zero attached hydrogens (tertiary/aromatic N) is 1. The zero-order valence-electron chi connectivity index (χ0n) is 16.4. The van der Waals surface area contributed by atoms with Crippen molar-refractivity contribution in [2.45, 2.75) is 25.2 Å². The average Bonchev–Trinajstić information content (AvgIpc) is 3.42. The molecule has 28 heavy (non-hydrogen) atoms. The van der Waals surface area contributed by atoms with Crippen LogP contribution in [-0.4, -0.2) is 43.1 Å². The van der Waals surface area contributed by atoms with Crippen molar-refractivity contribution in [2.75, 3.05) is 27.3 Å². The number of benzene rings is 2. The average molecular weight is 378 g/mol. The van der Waals surface area contributed by atoms with E-state index >= 15 is 0 Å². The van der Waals surface area contributed by atoms with Crippen molar-refractivity contribution in [2.24, 2.45) is 0 Å². The van der Waals surface area contributed by atoms with E-state index < -0.39 is 0 Å². The van der Waals surface area contributed by atoms with Crippen molar-refractivity contribution in [3.05, 3.63) is 59.8 Å².